The van der Waals surface area contributed by atoms with Gasteiger partial charge in [-0.3, -0.25) is 4.68 Å². The van der Waals surface area contributed by atoms with Crippen LogP contribution in [-0.2, 0) is 12.1 Å². The van der Waals surface area contributed by atoms with Crippen LogP contribution in [0.5, 0.6) is 0 Å². The Balaban J connectivity index is 2.35. The number of nitrogens with two attached hydrogens (primary N) is 1. The molecule has 0 spiro atoms. The van der Waals surface area contributed by atoms with Crippen LogP contribution in [0.25, 0.3) is 10.9 Å². The van der Waals surface area contributed by atoms with Crippen LogP contribution < -0.4 is 5.73 Å². The summed E-state index contributed by atoms with van der Waals surface area (Å²) in [7, 11) is 0. The van der Waals surface area contributed by atoms with Gasteiger partial charge in [-0.05, 0) is 46.2 Å². The van der Waals surface area contributed by atoms with Gasteiger partial charge in [0.1, 0.15) is 0 Å². The maximum absolute atomic E-state index is 10.1. The van der Waals surface area contributed by atoms with E-state index in [2.05, 4.69) is 5.10 Å². The Kier molecular flexibility index (Phi) is 3.52. The predicted molar refractivity (Wildman–Crippen MR) is 80.3 cm³/mol. The molecule has 0 aliphatic carbocycles. The lowest BCUT2D eigenvalue weighted by Crippen LogP contribution is -2.21. The zero-order valence-electron chi connectivity index (χ0n) is 12.5. The highest BCUT2D eigenvalue weighted by atomic mass is 16.3. The molecule has 0 amide bonds. The summed E-state index contributed by atoms with van der Waals surface area (Å²) in [5.41, 5.74) is 6.32. The standard InChI is InChI=1S/C15H23N3O2/c1-14(2,19)5-6-18-9-10-7-12(16)11(15(3,4)20)8-13(10)17-18/h7-9,19-20H,5-6,16H2,1-4H3. The van der Waals surface area contributed by atoms with E-state index in [9.17, 15) is 10.2 Å². The molecule has 5 nitrogen and oxygen atoms in total. The van der Waals surface area contributed by atoms with Crippen LogP contribution in [0.15, 0.2) is 18.3 Å². The first-order valence-electron chi connectivity index (χ1n) is 6.78. The Morgan fingerprint density at radius 1 is 1.20 bits per heavy atom. The SMILES string of the molecule is CC(C)(O)CCn1cc2cc(N)c(C(C)(C)O)cc2n1. The van der Waals surface area contributed by atoms with Crippen molar-refractivity contribution in [1.29, 1.82) is 0 Å². The molecule has 0 radical (unpaired) electrons. The van der Waals surface area contributed by atoms with Gasteiger partial charge >= 0.3 is 0 Å². The largest absolute Gasteiger partial charge is 0.398 e. The predicted octanol–water partition coefficient (Wildman–Crippen LogP) is 2.01. The summed E-state index contributed by atoms with van der Waals surface area (Å²) >= 11 is 0. The molecule has 0 saturated carbocycles. The first-order valence-corrected chi connectivity index (χ1v) is 6.78. The van der Waals surface area contributed by atoms with Gasteiger partial charge in [-0.15, -0.1) is 0 Å². The summed E-state index contributed by atoms with van der Waals surface area (Å²) < 4.78 is 1.80. The third kappa shape index (κ3) is 3.29. The Morgan fingerprint density at radius 3 is 2.40 bits per heavy atom. The average molecular weight is 277 g/mol. The molecular weight excluding hydrogens is 254 g/mol. The van der Waals surface area contributed by atoms with Crippen LogP contribution in [0.1, 0.15) is 39.7 Å². The summed E-state index contributed by atoms with van der Waals surface area (Å²) in [5.74, 6) is 0. The highest BCUT2D eigenvalue weighted by Gasteiger charge is 2.20. The lowest BCUT2D eigenvalue weighted by atomic mass is 9.95. The molecule has 2 aromatic rings. The van der Waals surface area contributed by atoms with E-state index >= 15 is 0 Å². The fourth-order valence-corrected chi connectivity index (χ4v) is 2.17. The second-order valence-electron chi connectivity index (χ2n) is 6.51. The molecule has 0 saturated heterocycles. The van der Waals surface area contributed by atoms with E-state index < -0.39 is 11.2 Å². The minimum absolute atomic E-state index is 0.562. The van der Waals surface area contributed by atoms with Crippen molar-refractivity contribution in [2.45, 2.75) is 51.9 Å². The number of fused-ring (bicyclic) bond motifs is 1. The van der Waals surface area contributed by atoms with E-state index in [1.807, 2.05) is 18.3 Å². The number of rotatable bonds is 4. The molecule has 20 heavy (non-hydrogen) atoms. The van der Waals surface area contributed by atoms with E-state index in [1.54, 1.807) is 32.4 Å². The number of nitrogen functional groups attached to an aromatic ring is 1. The number of hydrogen-bond donors (Lipinski definition) is 3. The Morgan fingerprint density at radius 2 is 1.85 bits per heavy atom. The van der Waals surface area contributed by atoms with Crippen molar-refractivity contribution in [1.82, 2.24) is 9.78 Å². The minimum Gasteiger partial charge on any atom is -0.398 e. The van der Waals surface area contributed by atoms with Gasteiger partial charge in [-0.2, -0.15) is 5.10 Å². The number of benzene rings is 1. The Hall–Kier alpha value is -1.59. The van der Waals surface area contributed by atoms with E-state index in [4.69, 9.17) is 5.73 Å². The zero-order chi connectivity index (χ0) is 15.1. The quantitative estimate of drug-likeness (QED) is 0.746. The lowest BCUT2D eigenvalue weighted by Gasteiger charge is -2.19. The summed E-state index contributed by atoms with van der Waals surface area (Å²) in [6.07, 6.45) is 2.53. The maximum atomic E-state index is 10.1. The number of anilines is 1. The average Bonchev–Trinajstić information content (AvgIpc) is 2.64. The molecule has 2 rings (SSSR count). The van der Waals surface area contributed by atoms with Gasteiger partial charge in [0.2, 0.25) is 0 Å². The number of nitrogens with zero attached hydrogens (tertiary/aromatic N) is 2. The highest BCUT2D eigenvalue weighted by Crippen LogP contribution is 2.29. The van der Waals surface area contributed by atoms with Crippen molar-refractivity contribution >= 4 is 16.6 Å². The van der Waals surface area contributed by atoms with Crippen LogP contribution >= 0.6 is 0 Å². The monoisotopic (exact) mass is 277 g/mol. The van der Waals surface area contributed by atoms with Gasteiger partial charge in [0.05, 0.1) is 16.7 Å². The molecule has 0 bridgehead atoms. The minimum atomic E-state index is -0.991. The molecular formula is C15H23N3O2. The smallest absolute Gasteiger partial charge is 0.0928 e. The molecule has 0 aliphatic heterocycles. The molecule has 1 heterocycles. The lowest BCUT2D eigenvalue weighted by molar-refractivity contribution is 0.0651. The third-order valence-corrected chi connectivity index (χ3v) is 3.33. The highest BCUT2D eigenvalue weighted by molar-refractivity contribution is 5.83. The van der Waals surface area contributed by atoms with Crippen molar-refractivity contribution in [2.24, 2.45) is 0 Å². The van der Waals surface area contributed by atoms with Crippen LogP contribution in [0.3, 0.4) is 0 Å². The maximum Gasteiger partial charge on any atom is 0.0928 e. The first-order chi connectivity index (χ1) is 9.06. The van der Waals surface area contributed by atoms with E-state index in [1.165, 1.54) is 0 Å². The summed E-state index contributed by atoms with van der Waals surface area (Å²) in [5, 5.41) is 25.3. The summed E-state index contributed by atoms with van der Waals surface area (Å²) in [4.78, 5) is 0. The van der Waals surface area contributed by atoms with Crippen LogP contribution in [0, 0.1) is 0 Å². The van der Waals surface area contributed by atoms with Crippen LogP contribution in [0.4, 0.5) is 5.69 Å². The molecule has 1 aromatic carbocycles. The summed E-state index contributed by atoms with van der Waals surface area (Å²) in [6, 6.07) is 3.65. The molecule has 4 N–H and O–H groups in total. The van der Waals surface area contributed by atoms with Crippen molar-refractivity contribution in [3.8, 4) is 0 Å². The van der Waals surface area contributed by atoms with Gasteiger partial charge in [-0.1, -0.05) is 0 Å². The van der Waals surface area contributed by atoms with Crippen molar-refractivity contribution in [3.63, 3.8) is 0 Å². The second kappa shape index (κ2) is 4.75. The van der Waals surface area contributed by atoms with E-state index in [0.29, 0.717) is 24.2 Å². The molecule has 110 valence electrons. The molecule has 0 atom stereocenters. The molecule has 0 fully saturated rings. The fourth-order valence-electron chi connectivity index (χ4n) is 2.17. The number of aromatic nitrogens is 2. The van der Waals surface area contributed by atoms with E-state index in [-0.39, 0.29) is 0 Å². The fraction of sp³-hybridized carbons (Fsp3) is 0.533. The first kappa shape index (κ1) is 14.8. The molecule has 1 aromatic heterocycles. The molecule has 0 unspecified atom stereocenters. The Labute approximate surface area is 119 Å². The van der Waals surface area contributed by atoms with Crippen LogP contribution in [-0.4, -0.2) is 25.6 Å². The normalized spacial score (nSPS) is 13.1. The van der Waals surface area contributed by atoms with Gasteiger partial charge in [0, 0.05) is 29.4 Å². The van der Waals surface area contributed by atoms with Gasteiger partial charge in [0.25, 0.3) is 0 Å². The second-order valence-corrected chi connectivity index (χ2v) is 6.51. The molecule has 5 heteroatoms. The van der Waals surface area contributed by atoms with Crippen molar-refractivity contribution < 1.29 is 10.2 Å². The number of aryl methyl sites for hydroxylation is 1. The van der Waals surface area contributed by atoms with Crippen LogP contribution in [0.2, 0.25) is 0 Å². The summed E-state index contributed by atoms with van der Waals surface area (Å²) in [6.45, 7) is 7.60. The number of hydrogen-bond acceptors (Lipinski definition) is 4. The van der Waals surface area contributed by atoms with Gasteiger partial charge in [-0.25, -0.2) is 0 Å². The molecule has 0 aliphatic rings. The van der Waals surface area contributed by atoms with Gasteiger partial charge in [0.15, 0.2) is 0 Å². The van der Waals surface area contributed by atoms with E-state index in [0.717, 1.165) is 10.9 Å². The van der Waals surface area contributed by atoms with Gasteiger partial charge < -0.3 is 15.9 Å². The number of aliphatic hydroxyl groups is 2. The topological polar surface area (TPSA) is 84.3 Å². The zero-order valence-corrected chi connectivity index (χ0v) is 12.5. The van der Waals surface area contributed by atoms with Crippen molar-refractivity contribution in [3.05, 3.63) is 23.9 Å². The Bertz CT molecular complexity index is 618. The third-order valence-electron chi connectivity index (χ3n) is 3.33. The van der Waals surface area contributed by atoms with Crippen molar-refractivity contribution in [2.75, 3.05) is 5.73 Å².